The second kappa shape index (κ2) is 7.42. The van der Waals surface area contributed by atoms with E-state index in [4.69, 9.17) is 4.74 Å². The van der Waals surface area contributed by atoms with Gasteiger partial charge in [0.2, 0.25) is 0 Å². The molecule has 0 radical (unpaired) electrons. The van der Waals surface area contributed by atoms with Gasteiger partial charge in [-0.15, -0.1) is 0 Å². The largest absolute Gasteiger partial charge is 0.497 e. The van der Waals surface area contributed by atoms with E-state index in [1.807, 2.05) is 24.3 Å². The number of hydrogen-bond donors (Lipinski definition) is 1. The van der Waals surface area contributed by atoms with Crippen molar-refractivity contribution in [1.29, 1.82) is 0 Å². The van der Waals surface area contributed by atoms with Crippen molar-refractivity contribution in [3.63, 3.8) is 0 Å². The van der Waals surface area contributed by atoms with Gasteiger partial charge < -0.3 is 4.74 Å². The number of rotatable bonds is 6. The molecule has 3 rings (SSSR count). The second-order valence-electron chi connectivity index (χ2n) is 5.26. The zero-order valence-electron chi connectivity index (χ0n) is 13.6. The zero-order chi connectivity index (χ0) is 17.7. The molecule has 6 nitrogen and oxygen atoms in total. The molecular weight excluding hydrogens is 338 g/mol. The van der Waals surface area contributed by atoms with Crippen molar-refractivity contribution in [1.82, 2.24) is 14.7 Å². The molecule has 0 bridgehead atoms. The normalized spacial score (nSPS) is 11.2. The van der Waals surface area contributed by atoms with Crippen molar-refractivity contribution in [3.8, 4) is 16.9 Å². The second-order valence-corrected chi connectivity index (χ2v) is 6.97. The van der Waals surface area contributed by atoms with Gasteiger partial charge in [0.15, 0.2) is 5.03 Å². The van der Waals surface area contributed by atoms with E-state index < -0.39 is 10.0 Å². The lowest BCUT2D eigenvalue weighted by molar-refractivity contribution is 0.415. The first-order valence-electron chi connectivity index (χ1n) is 7.58. The molecule has 0 aliphatic rings. The summed E-state index contributed by atoms with van der Waals surface area (Å²) in [5, 5.41) is -0.0271. The van der Waals surface area contributed by atoms with Crippen LogP contribution in [0.15, 0.2) is 72.0 Å². The summed E-state index contributed by atoms with van der Waals surface area (Å²) in [7, 11) is -2.08. The third kappa shape index (κ3) is 4.20. The van der Waals surface area contributed by atoms with E-state index >= 15 is 0 Å². The summed E-state index contributed by atoms with van der Waals surface area (Å²) >= 11 is 0. The molecule has 0 aliphatic heterocycles. The fourth-order valence-electron chi connectivity index (χ4n) is 2.24. The van der Waals surface area contributed by atoms with Crippen LogP contribution in [0.2, 0.25) is 0 Å². The van der Waals surface area contributed by atoms with E-state index in [9.17, 15) is 8.42 Å². The lowest BCUT2D eigenvalue weighted by atomic mass is 10.1. The Kier molecular flexibility index (Phi) is 5.06. The summed E-state index contributed by atoms with van der Waals surface area (Å²) < 4.78 is 32.3. The first kappa shape index (κ1) is 17.1. The first-order valence-corrected chi connectivity index (χ1v) is 9.07. The fourth-order valence-corrected chi connectivity index (χ4v) is 3.16. The van der Waals surface area contributed by atoms with Crippen LogP contribution < -0.4 is 9.46 Å². The highest BCUT2D eigenvalue weighted by molar-refractivity contribution is 7.89. The average Bonchev–Trinajstić information content (AvgIpc) is 2.67. The smallest absolute Gasteiger partial charge is 0.258 e. The summed E-state index contributed by atoms with van der Waals surface area (Å²) in [4.78, 5) is 8.17. The maximum Gasteiger partial charge on any atom is 0.258 e. The predicted molar refractivity (Wildman–Crippen MR) is 94.5 cm³/mol. The molecular formula is C18H17N3O3S. The van der Waals surface area contributed by atoms with E-state index in [1.54, 1.807) is 37.6 Å². The third-order valence-electron chi connectivity index (χ3n) is 3.60. The highest BCUT2D eigenvalue weighted by Crippen LogP contribution is 2.22. The van der Waals surface area contributed by atoms with E-state index in [1.165, 1.54) is 12.3 Å². The number of nitrogens with zero attached hydrogens (tertiary/aromatic N) is 2. The minimum atomic E-state index is -3.69. The van der Waals surface area contributed by atoms with Crippen LogP contribution >= 0.6 is 0 Å². The Balaban J connectivity index is 1.74. The van der Waals surface area contributed by atoms with E-state index in [0.29, 0.717) is 5.69 Å². The monoisotopic (exact) mass is 355 g/mol. The molecule has 1 N–H and O–H groups in total. The van der Waals surface area contributed by atoms with E-state index in [2.05, 4.69) is 14.7 Å². The van der Waals surface area contributed by atoms with Crippen molar-refractivity contribution in [2.45, 2.75) is 11.6 Å². The molecule has 0 amide bonds. The van der Waals surface area contributed by atoms with Crippen LogP contribution in [0.4, 0.5) is 0 Å². The van der Waals surface area contributed by atoms with Crippen molar-refractivity contribution in [3.05, 3.63) is 72.7 Å². The van der Waals surface area contributed by atoms with Gasteiger partial charge in [-0.2, -0.15) is 0 Å². The number of ether oxygens (including phenoxy) is 1. The molecule has 0 saturated carbocycles. The highest BCUT2D eigenvalue weighted by atomic mass is 32.2. The molecule has 7 heteroatoms. The average molecular weight is 355 g/mol. The number of nitrogens with one attached hydrogen (secondary N) is 1. The number of hydrogen-bond acceptors (Lipinski definition) is 5. The lowest BCUT2D eigenvalue weighted by Crippen LogP contribution is -2.24. The Hall–Kier alpha value is -2.77. The Morgan fingerprint density at radius 3 is 2.32 bits per heavy atom. The third-order valence-corrected chi connectivity index (χ3v) is 4.92. The molecule has 0 unspecified atom stereocenters. The number of aromatic nitrogens is 2. The molecule has 1 aromatic carbocycles. The Morgan fingerprint density at radius 2 is 1.72 bits per heavy atom. The van der Waals surface area contributed by atoms with Gasteiger partial charge in [0, 0.05) is 18.0 Å². The van der Waals surface area contributed by atoms with Crippen LogP contribution in [0, 0.1) is 0 Å². The molecule has 0 saturated heterocycles. The molecule has 0 fully saturated rings. The van der Waals surface area contributed by atoms with Crippen LogP contribution in [0.3, 0.4) is 0 Å². The molecule has 3 aromatic rings. The topological polar surface area (TPSA) is 81.2 Å². The number of methoxy groups -OCH3 is 1. The summed E-state index contributed by atoms with van der Waals surface area (Å²) in [5.41, 5.74) is 2.39. The summed E-state index contributed by atoms with van der Waals surface area (Å²) in [6.45, 7) is 0.116. The van der Waals surface area contributed by atoms with Gasteiger partial charge in [0.25, 0.3) is 10.0 Å². The van der Waals surface area contributed by atoms with E-state index in [0.717, 1.165) is 16.9 Å². The van der Waals surface area contributed by atoms with Crippen molar-refractivity contribution in [2.75, 3.05) is 7.11 Å². The van der Waals surface area contributed by atoms with Gasteiger partial charge in [-0.3, -0.25) is 4.98 Å². The molecule has 25 heavy (non-hydrogen) atoms. The maximum atomic E-state index is 12.3. The minimum Gasteiger partial charge on any atom is -0.497 e. The highest BCUT2D eigenvalue weighted by Gasteiger charge is 2.15. The summed E-state index contributed by atoms with van der Waals surface area (Å²) in [5.74, 6) is 0.759. The van der Waals surface area contributed by atoms with Crippen molar-refractivity contribution < 1.29 is 13.2 Å². The first-order chi connectivity index (χ1) is 12.1. The summed E-state index contributed by atoms with van der Waals surface area (Å²) in [6.07, 6.45) is 3.16. The number of pyridine rings is 2. The van der Waals surface area contributed by atoms with Gasteiger partial charge in [-0.1, -0.05) is 18.2 Å². The molecule has 0 spiro atoms. The molecule has 2 aromatic heterocycles. The fraction of sp³-hybridized carbons (Fsp3) is 0.111. The Labute approximate surface area is 146 Å². The lowest BCUT2D eigenvalue weighted by Gasteiger charge is -2.07. The quantitative estimate of drug-likeness (QED) is 0.735. The van der Waals surface area contributed by atoms with Gasteiger partial charge in [-0.05, 0) is 42.0 Å². The molecule has 2 heterocycles. The standard InChI is InChI=1S/C18H17N3O3S/c1-24-17-8-5-14(6-9-17)15-7-10-18(20-12-15)25(22,23)21-13-16-4-2-3-11-19-16/h2-12,21H,13H2,1H3. The van der Waals surface area contributed by atoms with Crippen molar-refractivity contribution >= 4 is 10.0 Å². The van der Waals surface area contributed by atoms with Crippen LogP contribution in [0.25, 0.3) is 11.1 Å². The predicted octanol–water partition coefficient (Wildman–Crippen LogP) is 2.63. The van der Waals surface area contributed by atoms with Crippen LogP contribution in [0.1, 0.15) is 5.69 Å². The summed E-state index contributed by atoms with van der Waals surface area (Å²) in [6, 6.07) is 16.0. The maximum absolute atomic E-state index is 12.3. The van der Waals surface area contributed by atoms with Gasteiger partial charge >= 0.3 is 0 Å². The van der Waals surface area contributed by atoms with Gasteiger partial charge in [0.1, 0.15) is 5.75 Å². The van der Waals surface area contributed by atoms with Crippen LogP contribution in [-0.4, -0.2) is 25.5 Å². The van der Waals surface area contributed by atoms with Crippen LogP contribution in [0.5, 0.6) is 5.75 Å². The zero-order valence-corrected chi connectivity index (χ0v) is 14.4. The van der Waals surface area contributed by atoms with Crippen molar-refractivity contribution in [2.24, 2.45) is 0 Å². The molecule has 0 aliphatic carbocycles. The number of benzene rings is 1. The molecule has 128 valence electrons. The van der Waals surface area contributed by atoms with Gasteiger partial charge in [-0.25, -0.2) is 18.1 Å². The molecule has 0 atom stereocenters. The van der Waals surface area contributed by atoms with Crippen LogP contribution in [-0.2, 0) is 16.6 Å². The van der Waals surface area contributed by atoms with E-state index in [-0.39, 0.29) is 11.6 Å². The Bertz CT molecular complexity index is 926. The SMILES string of the molecule is COc1ccc(-c2ccc(S(=O)(=O)NCc3ccccn3)nc2)cc1. The Morgan fingerprint density at radius 1 is 0.960 bits per heavy atom. The minimum absolute atomic E-state index is 0.0271. The number of sulfonamides is 1. The van der Waals surface area contributed by atoms with Gasteiger partial charge in [0.05, 0.1) is 19.3 Å².